The van der Waals surface area contributed by atoms with Gasteiger partial charge in [0.25, 0.3) is 0 Å². The zero-order chi connectivity index (χ0) is 24.9. The summed E-state index contributed by atoms with van der Waals surface area (Å²) in [5.74, 6) is 0.554. The van der Waals surface area contributed by atoms with Crippen LogP contribution in [-0.4, -0.2) is 33.8 Å². The molecule has 7 nitrogen and oxygen atoms in total. The zero-order valence-corrected chi connectivity index (χ0v) is 20.3. The van der Waals surface area contributed by atoms with E-state index in [4.69, 9.17) is 9.72 Å². The molecule has 0 radical (unpaired) electrons. The van der Waals surface area contributed by atoms with Gasteiger partial charge in [0, 0.05) is 30.1 Å². The SMILES string of the molecule is C=CC(=O)Nc1ccc(OC)c(Nc2cc(-c3c(-c4ccc(F)cc4)nc(SC)n3C)ccn2)c1. The Morgan fingerprint density at radius 1 is 1.14 bits per heavy atom. The normalized spacial score (nSPS) is 10.6. The van der Waals surface area contributed by atoms with Crippen LogP contribution >= 0.6 is 11.8 Å². The van der Waals surface area contributed by atoms with E-state index in [9.17, 15) is 9.18 Å². The van der Waals surface area contributed by atoms with Crippen molar-refractivity contribution in [2.75, 3.05) is 24.0 Å². The summed E-state index contributed by atoms with van der Waals surface area (Å²) in [6.07, 6.45) is 4.87. The molecule has 0 unspecified atom stereocenters. The minimum absolute atomic E-state index is 0.299. The summed E-state index contributed by atoms with van der Waals surface area (Å²) >= 11 is 1.53. The van der Waals surface area contributed by atoms with E-state index in [2.05, 4.69) is 22.2 Å². The molecule has 178 valence electrons. The molecule has 0 aliphatic rings. The number of ether oxygens (including phenoxy) is 1. The highest BCUT2D eigenvalue weighted by atomic mass is 32.2. The van der Waals surface area contributed by atoms with Crippen LogP contribution in [-0.2, 0) is 11.8 Å². The van der Waals surface area contributed by atoms with Crippen molar-refractivity contribution in [3.63, 3.8) is 0 Å². The number of methoxy groups -OCH3 is 1. The molecule has 0 fully saturated rings. The van der Waals surface area contributed by atoms with Crippen molar-refractivity contribution in [3.05, 3.63) is 79.3 Å². The van der Waals surface area contributed by atoms with Crippen molar-refractivity contribution in [2.24, 2.45) is 7.05 Å². The van der Waals surface area contributed by atoms with Gasteiger partial charge >= 0.3 is 0 Å². The first-order chi connectivity index (χ1) is 16.9. The molecule has 4 aromatic rings. The van der Waals surface area contributed by atoms with Crippen LogP contribution in [0.15, 0.2) is 78.6 Å². The van der Waals surface area contributed by atoms with Gasteiger partial charge in [-0.3, -0.25) is 4.79 Å². The number of amides is 1. The van der Waals surface area contributed by atoms with Gasteiger partial charge in [0.05, 0.1) is 24.2 Å². The quantitative estimate of drug-likeness (QED) is 0.237. The first-order valence-corrected chi connectivity index (χ1v) is 11.9. The number of hydrogen-bond donors (Lipinski definition) is 2. The molecule has 9 heteroatoms. The lowest BCUT2D eigenvalue weighted by molar-refractivity contribution is -0.111. The van der Waals surface area contributed by atoms with Crippen molar-refractivity contribution in [3.8, 4) is 28.3 Å². The van der Waals surface area contributed by atoms with Crippen LogP contribution in [0.2, 0.25) is 0 Å². The molecule has 2 N–H and O–H groups in total. The van der Waals surface area contributed by atoms with Gasteiger partial charge in [-0.2, -0.15) is 0 Å². The largest absolute Gasteiger partial charge is 0.495 e. The van der Waals surface area contributed by atoms with Gasteiger partial charge in [-0.15, -0.1) is 0 Å². The van der Waals surface area contributed by atoms with E-state index in [1.54, 1.807) is 43.6 Å². The highest BCUT2D eigenvalue weighted by Gasteiger charge is 2.18. The number of anilines is 3. The second-order valence-electron chi connectivity index (χ2n) is 7.52. The highest BCUT2D eigenvalue weighted by molar-refractivity contribution is 7.98. The summed E-state index contributed by atoms with van der Waals surface area (Å²) in [6, 6.07) is 15.4. The third-order valence-corrected chi connectivity index (χ3v) is 6.03. The van der Waals surface area contributed by atoms with Gasteiger partial charge in [-0.1, -0.05) is 18.3 Å². The lowest BCUT2D eigenvalue weighted by atomic mass is 10.1. The van der Waals surface area contributed by atoms with Crippen molar-refractivity contribution in [1.82, 2.24) is 14.5 Å². The Morgan fingerprint density at radius 3 is 2.60 bits per heavy atom. The third kappa shape index (κ3) is 5.20. The Labute approximate surface area is 207 Å². The van der Waals surface area contributed by atoms with Gasteiger partial charge in [0.2, 0.25) is 5.91 Å². The maximum Gasteiger partial charge on any atom is 0.247 e. The molecule has 0 aliphatic carbocycles. The number of aromatic nitrogens is 3. The molecule has 0 saturated carbocycles. The van der Waals surface area contributed by atoms with E-state index in [0.29, 0.717) is 22.9 Å². The van der Waals surface area contributed by atoms with Crippen molar-refractivity contribution < 1.29 is 13.9 Å². The predicted octanol–water partition coefficient (Wildman–Crippen LogP) is 5.89. The summed E-state index contributed by atoms with van der Waals surface area (Å²) in [5, 5.41) is 6.84. The Bertz CT molecular complexity index is 1390. The second kappa shape index (κ2) is 10.4. The van der Waals surface area contributed by atoms with Crippen LogP contribution in [0.5, 0.6) is 5.75 Å². The summed E-state index contributed by atoms with van der Waals surface area (Å²) in [6.45, 7) is 3.48. The minimum atomic E-state index is -0.310. The predicted molar refractivity (Wildman–Crippen MR) is 139 cm³/mol. The monoisotopic (exact) mass is 489 g/mol. The molecule has 35 heavy (non-hydrogen) atoms. The lowest BCUT2D eigenvalue weighted by Crippen LogP contribution is -2.07. The molecule has 0 spiro atoms. The number of benzene rings is 2. The number of rotatable bonds is 8. The highest BCUT2D eigenvalue weighted by Crippen LogP contribution is 2.36. The zero-order valence-electron chi connectivity index (χ0n) is 19.5. The molecule has 0 aliphatic heterocycles. The number of pyridine rings is 1. The van der Waals surface area contributed by atoms with E-state index < -0.39 is 0 Å². The van der Waals surface area contributed by atoms with E-state index >= 15 is 0 Å². The Morgan fingerprint density at radius 2 is 1.91 bits per heavy atom. The fraction of sp³-hybridized carbons (Fsp3) is 0.115. The molecule has 0 bridgehead atoms. The number of carbonyl (C=O) groups is 1. The van der Waals surface area contributed by atoms with Crippen LogP contribution in [0, 0.1) is 5.82 Å². The molecule has 2 heterocycles. The molecular formula is C26H24FN5O2S. The van der Waals surface area contributed by atoms with Crippen LogP contribution in [0.1, 0.15) is 0 Å². The van der Waals surface area contributed by atoms with Crippen molar-refractivity contribution in [1.29, 1.82) is 0 Å². The van der Waals surface area contributed by atoms with E-state index in [0.717, 1.165) is 27.7 Å². The number of hydrogen-bond acceptors (Lipinski definition) is 6. The number of thioether (sulfide) groups is 1. The smallest absolute Gasteiger partial charge is 0.247 e. The molecule has 2 aromatic heterocycles. The fourth-order valence-corrected chi connectivity index (χ4v) is 4.21. The Hall–Kier alpha value is -4.11. The number of carbonyl (C=O) groups excluding carboxylic acids is 1. The first kappa shape index (κ1) is 24.0. The van der Waals surface area contributed by atoms with Crippen LogP contribution in [0.25, 0.3) is 22.5 Å². The Kier molecular flexibility index (Phi) is 7.17. The maximum absolute atomic E-state index is 13.5. The van der Waals surface area contributed by atoms with Gasteiger partial charge in [0.1, 0.15) is 17.4 Å². The van der Waals surface area contributed by atoms with Gasteiger partial charge < -0.3 is 19.9 Å². The van der Waals surface area contributed by atoms with Crippen LogP contribution < -0.4 is 15.4 Å². The molecule has 0 saturated heterocycles. The summed E-state index contributed by atoms with van der Waals surface area (Å²) in [5.41, 5.74) is 4.55. The summed E-state index contributed by atoms with van der Waals surface area (Å²) in [7, 11) is 3.52. The average Bonchev–Trinajstić information content (AvgIpc) is 3.21. The van der Waals surface area contributed by atoms with Crippen molar-refractivity contribution >= 4 is 34.9 Å². The van der Waals surface area contributed by atoms with Crippen LogP contribution in [0.3, 0.4) is 0 Å². The van der Waals surface area contributed by atoms with E-state index in [1.165, 1.54) is 30.0 Å². The van der Waals surface area contributed by atoms with Crippen LogP contribution in [0.4, 0.5) is 21.6 Å². The minimum Gasteiger partial charge on any atom is -0.495 e. The Balaban J connectivity index is 1.74. The van der Waals surface area contributed by atoms with Gasteiger partial charge in [-0.25, -0.2) is 14.4 Å². The number of halogens is 1. The first-order valence-electron chi connectivity index (χ1n) is 10.6. The van der Waals surface area contributed by atoms with E-state index in [-0.39, 0.29) is 11.7 Å². The number of nitrogens with one attached hydrogen (secondary N) is 2. The molecular weight excluding hydrogens is 465 g/mol. The fourth-order valence-electron chi connectivity index (χ4n) is 3.66. The topological polar surface area (TPSA) is 81.1 Å². The van der Waals surface area contributed by atoms with Gasteiger partial charge in [0.15, 0.2) is 5.16 Å². The number of imidazole rings is 1. The number of nitrogens with zero attached hydrogens (tertiary/aromatic N) is 3. The standard InChI is InChI=1S/C26H24FN5O2S/c1-5-23(33)29-19-10-11-21(34-3)20(15-19)30-22-14-17(12-13-28-22)25-24(31-26(35-4)32(25)2)16-6-8-18(27)9-7-16/h5-15H,1H2,2-4H3,(H,28,30)(H,29,33). The van der Waals surface area contributed by atoms with Crippen molar-refractivity contribution in [2.45, 2.75) is 5.16 Å². The molecule has 2 aromatic carbocycles. The maximum atomic E-state index is 13.5. The average molecular weight is 490 g/mol. The summed E-state index contributed by atoms with van der Waals surface area (Å²) in [4.78, 5) is 21.0. The molecule has 4 rings (SSSR count). The third-order valence-electron chi connectivity index (χ3n) is 5.30. The van der Waals surface area contributed by atoms with Gasteiger partial charge in [-0.05, 0) is 66.9 Å². The van der Waals surface area contributed by atoms with E-state index in [1.807, 2.05) is 30.0 Å². The summed E-state index contributed by atoms with van der Waals surface area (Å²) < 4.78 is 21.0. The molecule has 1 amide bonds. The lowest BCUT2D eigenvalue weighted by Gasteiger charge is -2.14. The molecule has 0 atom stereocenters. The second-order valence-corrected chi connectivity index (χ2v) is 8.30.